The molecular weight excluding hydrogens is 224 g/mol. The van der Waals surface area contributed by atoms with Crippen molar-refractivity contribution in [2.75, 3.05) is 5.32 Å². The van der Waals surface area contributed by atoms with Crippen LogP contribution in [0.25, 0.3) is 0 Å². The molecule has 1 aliphatic rings. The monoisotopic (exact) mass is 248 g/mol. The summed E-state index contributed by atoms with van der Waals surface area (Å²) >= 11 is 0. The molecule has 1 saturated carbocycles. The first-order valence-corrected chi connectivity index (χ1v) is 6.89. The minimum atomic E-state index is 0.0440. The van der Waals surface area contributed by atoms with Gasteiger partial charge in [0.15, 0.2) is 0 Å². The topological polar surface area (TPSA) is 34.0 Å². The van der Waals surface area contributed by atoms with Gasteiger partial charge in [0.2, 0.25) is 5.56 Å². The Kier molecular flexibility index (Phi) is 3.79. The van der Waals surface area contributed by atoms with E-state index in [9.17, 15) is 4.79 Å². The first kappa shape index (κ1) is 13.2. The number of rotatable bonds is 2. The summed E-state index contributed by atoms with van der Waals surface area (Å²) in [6, 6.07) is 4.06. The lowest BCUT2D eigenvalue weighted by Crippen LogP contribution is -2.21. The van der Waals surface area contributed by atoms with E-state index in [-0.39, 0.29) is 5.56 Å². The third-order valence-corrected chi connectivity index (χ3v) is 4.03. The van der Waals surface area contributed by atoms with Crippen molar-refractivity contribution in [3.05, 3.63) is 28.7 Å². The van der Waals surface area contributed by atoms with Gasteiger partial charge in [-0.1, -0.05) is 20.3 Å². The summed E-state index contributed by atoms with van der Waals surface area (Å²) < 4.78 is 1.63. The molecule has 18 heavy (non-hydrogen) atoms. The molecule has 2 rings (SSSR count). The lowest BCUT2D eigenvalue weighted by Gasteiger charge is -2.22. The Morgan fingerprint density at radius 3 is 2.78 bits per heavy atom. The third kappa shape index (κ3) is 3.37. The zero-order chi connectivity index (χ0) is 13.2. The van der Waals surface area contributed by atoms with Crippen molar-refractivity contribution in [3.63, 3.8) is 0 Å². The molecule has 1 aliphatic carbocycles. The van der Waals surface area contributed by atoms with Crippen molar-refractivity contribution in [2.24, 2.45) is 12.5 Å². The van der Waals surface area contributed by atoms with E-state index in [1.165, 1.54) is 32.1 Å². The second-order valence-electron chi connectivity index (χ2n) is 6.30. The van der Waals surface area contributed by atoms with Gasteiger partial charge in [0.25, 0.3) is 0 Å². The van der Waals surface area contributed by atoms with Crippen LogP contribution in [0.3, 0.4) is 0 Å². The van der Waals surface area contributed by atoms with Crippen LogP contribution in [0.2, 0.25) is 0 Å². The van der Waals surface area contributed by atoms with E-state index in [0.29, 0.717) is 11.5 Å². The third-order valence-electron chi connectivity index (χ3n) is 4.03. The Hall–Kier alpha value is -1.25. The zero-order valence-electron chi connectivity index (χ0n) is 11.7. The van der Waals surface area contributed by atoms with Crippen LogP contribution in [-0.2, 0) is 7.05 Å². The van der Waals surface area contributed by atoms with Crippen molar-refractivity contribution in [2.45, 2.75) is 52.0 Å². The molecule has 0 bridgehead atoms. The number of pyridine rings is 1. The highest BCUT2D eigenvalue weighted by molar-refractivity contribution is 5.41. The number of aromatic nitrogens is 1. The Morgan fingerprint density at radius 2 is 2.06 bits per heavy atom. The molecule has 1 N–H and O–H groups in total. The largest absolute Gasteiger partial charge is 0.381 e. The number of hydrogen-bond donors (Lipinski definition) is 1. The van der Waals surface area contributed by atoms with Crippen LogP contribution < -0.4 is 10.9 Å². The summed E-state index contributed by atoms with van der Waals surface area (Å²) in [7, 11) is 1.80. The van der Waals surface area contributed by atoms with Crippen molar-refractivity contribution in [3.8, 4) is 0 Å². The number of nitrogens with one attached hydrogen (secondary N) is 1. The van der Waals surface area contributed by atoms with Crippen LogP contribution in [0.4, 0.5) is 5.69 Å². The predicted molar refractivity (Wildman–Crippen MR) is 76.0 cm³/mol. The summed E-state index contributed by atoms with van der Waals surface area (Å²) in [5.41, 5.74) is 1.59. The molecule has 1 unspecified atom stereocenters. The van der Waals surface area contributed by atoms with Gasteiger partial charge >= 0.3 is 0 Å². The predicted octanol–water partition coefficient (Wildman–Crippen LogP) is 3.16. The van der Waals surface area contributed by atoms with Gasteiger partial charge in [-0.25, -0.2) is 0 Å². The highest BCUT2D eigenvalue weighted by atomic mass is 16.1. The second kappa shape index (κ2) is 5.17. The maximum atomic E-state index is 11.3. The minimum Gasteiger partial charge on any atom is -0.381 e. The molecule has 0 spiro atoms. The van der Waals surface area contributed by atoms with Gasteiger partial charge in [-0.05, 0) is 37.2 Å². The summed E-state index contributed by atoms with van der Waals surface area (Å²) in [5, 5.41) is 3.57. The average molecular weight is 248 g/mol. The number of hydrogen-bond acceptors (Lipinski definition) is 2. The molecule has 0 aliphatic heterocycles. The van der Waals surface area contributed by atoms with Crippen molar-refractivity contribution in [1.82, 2.24) is 4.57 Å². The van der Waals surface area contributed by atoms with Crippen LogP contribution in [0.15, 0.2) is 23.1 Å². The number of anilines is 1. The normalized spacial score (nSPS) is 23.4. The quantitative estimate of drug-likeness (QED) is 0.816. The van der Waals surface area contributed by atoms with Gasteiger partial charge in [-0.15, -0.1) is 0 Å². The molecule has 1 fully saturated rings. The van der Waals surface area contributed by atoms with Crippen LogP contribution >= 0.6 is 0 Å². The van der Waals surface area contributed by atoms with Crippen molar-refractivity contribution >= 4 is 5.69 Å². The first-order chi connectivity index (χ1) is 8.46. The fraction of sp³-hybridized carbons (Fsp3) is 0.667. The maximum Gasteiger partial charge on any atom is 0.250 e. The van der Waals surface area contributed by atoms with Gasteiger partial charge < -0.3 is 9.88 Å². The zero-order valence-corrected chi connectivity index (χ0v) is 11.7. The molecule has 0 amide bonds. The molecular formula is C15H24N2O. The molecule has 0 radical (unpaired) electrons. The van der Waals surface area contributed by atoms with E-state index in [0.717, 1.165) is 5.69 Å². The van der Waals surface area contributed by atoms with Gasteiger partial charge in [0, 0.05) is 25.4 Å². The molecule has 100 valence electrons. The standard InChI is InChI=1S/C15H24N2O/c1-15(2)9-4-5-12(8-10-15)16-13-6-7-14(18)17(3)11-13/h6-7,11-12,16H,4-5,8-10H2,1-3H3. The van der Waals surface area contributed by atoms with Gasteiger partial charge in [-0.3, -0.25) is 4.79 Å². The minimum absolute atomic E-state index is 0.0440. The number of aryl methyl sites for hydroxylation is 1. The van der Waals surface area contributed by atoms with E-state index >= 15 is 0 Å². The van der Waals surface area contributed by atoms with E-state index in [1.54, 1.807) is 17.7 Å². The molecule has 3 heteroatoms. The van der Waals surface area contributed by atoms with Gasteiger partial charge in [-0.2, -0.15) is 0 Å². The smallest absolute Gasteiger partial charge is 0.250 e. The molecule has 1 heterocycles. The lowest BCUT2D eigenvalue weighted by atomic mass is 9.85. The van der Waals surface area contributed by atoms with E-state index in [1.807, 2.05) is 12.3 Å². The van der Waals surface area contributed by atoms with Crippen LogP contribution in [0, 0.1) is 5.41 Å². The Bertz CT molecular complexity index is 462. The number of nitrogens with zero attached hydrogens (tertiary/aromatic N) is 1. The highest BCUT2D eigenvalue weighted by Crippen LogP contribution is 2.34. The van der Waals surface area contributed by atoms with Crippen molar-refractivity contribution in [1.29, 1.82) is 0 Å². The van der Waals surface area contributed by atoms with Crippen LogP contribution in [-0.4, -0.2) is 10.6 Å². The SMILES string of the molecule is Cn1cc(NC2CCCC(C)(C)CC2)ccc1=O. The van der Waals surface area contributed by atoms with Gasteiger partial charge in [0.1, 0.15) is 0 Å². The molecule has 1 atom stereocenters. The first-order valence-electron chi connectivity index (χ1n) is 6.89. The van der Waals surface area contributed by atoms with E-state index < -0.39 is 0 Å². The van der Waals surface area contributed by atoms with E-state index in [2.05, 4.69) is 19.2 Å². The van der Waals surface area contributed by atoms with Gasteiger partial charge in [0.05, 0.1) is 5.69 Å². The van der Waals surface area contributed by atoms with Crippen molar-refractivity contribution < 1.29 is 0 Å². The molecule has 3 nitrogen and oxygen atoms in total. The maximum absolute atomic E-state index is 11.3. The summed E-state index contributed by atoms with van der Waals surface area (Å²) in [4.78, 5) is 11.3. The summed E-state index contributed by atoms with van der Waals surface area (Å²) in [5.74, 6) is 0. The Balaban J connectivity index is 2.01. The van der Waals surface area contributed by atoms with Crippen LogP contribution in [0.1, 0.15) is 46.0 Å². The Morgan fingerprint density at radius 1 is 1.28 bits per heavy atom. The second-order valence-corrected chi connectivity index (χ2v) is 6.30. The highest BCUT2D eigenvalue weighted by Gasteiger charge is 2.24. The fourth-order valence-corrected chi connectivity index (χ4v) is 2.72. The lowest BCUT2D eigenvalue weighted by molar-refractivity contribution is 0.313. The summed E-state index contributed by atoms with van der Waals surface area (Å²) in [6.07, 6.45) is 8.21. The van der Waals surface area contributed by atoms with E-state index in [4.69, 9.17) is 0 Å². The molecule has 1 aromatic rings. The van der Waals surface area contributed by atoms with Crippen LogP contribution in [0.5, 0.6) is 0 Å². The average Bonchev–Trinajstić information content (AvgIpc) is 2.46. The summed E-state index contributed by atoms with van der Waals surface area (Å²) in [6.45, 7) is 4.73. The molecule has 0 saturated heterocycles. The molecule has 1 aromatic heterocycles. The fourth-order valence-electron chi connectivity index (χ4n) is 2.72. The Labute approximate surface area is 109 Å². The molecule has 0 aromatic carbocycles.